The third kappa shape index (κ3) is 4.81. The smallest absolute Gasteiger partial charge is 0.229 e. The highest BCUT2D eigenvalue weighted by Crippen LogP contribution is 2.28. The molecule has 30 heavy (non-hydrogen) atoms. The topological polar surface area (TPSA) is 62.7 Å². The van der Waals surface area contributed by atoms with E-state index in [-0.39, 0.29) is 0 Å². The van der Waals surface area contributed by atoms with E-state index in [1.54, 1.807) is 6.20 Å². The van der Waals surface area contributed by atoms with Gasteiger partial charge in [0.1, 0.15) is 5.82 Å². The number of hydrogen-bond donors (Lipinski definition) is 2. The summed E-state index contributed by atoms with van der Waals surface area (Å²) in [5, 5.41) is 6.83. The predicted octanol–water partition coefficient (Wildman–Crippen LogP) is 6.02. The molecule has 4 aromatic rings. The van der Waals surface area contributed by atoms with E-state index in [4.69, 9.17) is 9.97 Å². The lowest BCUT2D eigenvalue weighted by atomic mass is 10.0. The largest absolute Gasteiger partial charge is 0.366 e. The zero-order chi connectivity index (χ0) is 20.8. The zero-order valence-electron chi connectivity index (χ0n) is 17.2. The van der Waals surface area contributed by atoms with E-state index in [9.17, 15) is 0 Å². The summed E-state index contributed by atoms with van der Waals surface area (Å²) in [6, 6.07) is 24.4. The highest BCUT2D eigenvalue weighted by Gasteiger charge is 2.11. The van der Waals surface area contributed by atoms with Crippen LogP contribution in [0, 0.1) is 0 Å². The van der Waals surface area contributed by atoms with Crippen molar-refractivity contribution in [3.63, 3.8) is 0 Å². The van der Waals surface area contributed by atoms with Gasteiger partial charge in [-0.1, -0.05) is 68.4 Å². The molecule has 2 N–H and O–H groups in total. The quantitative estimate of drug-likeness (QED) is 0.401. The number of anilines is 3. The van der Waals surface area contributed by atoms with Crippen LogP contribution >= 0.6 is 0 Å². The molecule has 0 aliphatic rings. The molecule has 0 spiro atoms. The number of rotatable bonds is 7. The minimum Gasteiger partial charge on any atom is -0.366 e. The van der Waals surface area contributed by atoms with Gasteiger partial charge in [-0.3, -0.25) is 4.98 Å². The Bertz CT molecular complexity index is 1090. The SMILES string of the molecule is CC(C)c1ccccc1Nc1nc(NCc2cccnc2)cc(-c2ccccc2)n1. The van der Waals surface area contributed by atoms with Gasteiger partial charge in [0.05, 0.1) is 5.69 Å². The average Bonchev–Trinajstić information content (AvgIpc) is 2.79. The fourth-order valence-corrected chi connectivity index (χ4v) is 3.28. The van der Waals surface area contributed by atoms with Gasteiger partial charge in [0.2, 0.25) is 5.95 Å². The van der Waals surface area contributed by atoms with Gasteiger partial charge in [0, 0.05) is 36.3 Å². The van der Waals surface area contributed by atoms with E-state index in [1.807, 2.05) is 48.7 Å². The second-order valence-corrected chi connectivity index (χ2v) is 7.41. The number of benzene rings is 2. The summed E-state index contributed by atoms with van der Waals surface area (Å²) in [6.45, 7) is 5.01. The van der Waals surface area contributed by atoms with Gasteiger partial charge in [-0.15, -0.1) is 0 Å². The van der Waals surface area contributed by atoms with E-state index >= 15 is 0 Å². The van der Waals surface area contributed by atoms with Crippen molar-refractivity contribution in [3.05, 3.63) is 96.3 Å². The Morgan fingerprint density at radius 3 is 2.43 bits per heavy atom. The van der Waals surface area contributed by atoms with Crippen LogP contribution in [0.1, 0.15) is 30.9 Å². The number of nitrogens with one attached hydrogen (secondary N) is 2. The fraction of sp³-hybridized carbons (Fsp3) is 0.160. The molecule has 0 bridgehead atoms. The number of para-hydroxylation sites is 1. The lowest BCUT2D eigenvalue weighted by molar-refractivity contribution is 0.868. The minimum atomic E-state index is 0.397. The van der Waals surface area contributed by atoms with E-state index < -0.39 is 0 Å². The van der Waals surface area contributed by atoms with E-state index in [0.717, 1.165) is 28.3 Å². The third-order valence-electron chi connectivity index (χ3n) is 4.82. The molecule has 150 valence electrons. The van der Waals surface area contributed by atoms with Crippen LogP contribution in [0.15, 0.2) is 85.2 Å². The Morgan fingerprint density at radius 2 is 1.67 bits per heavy atom. The molecule has 2 aromatic carbocycles. The molecule has 0 radical (unpaired) electrons. The van der Waals surface area contributed by atoms with Crippen molar-refractivity contribution in [2.75, 3.05) is 10.6 Å². The highest BCUT2D eigenvalue weighted by atomic mass is 15.1. The molecular formula is C25H25N5. The van der Waals surface area contributed by atoms with Gasteiger partial charge in [0.25, 0.3) is 0 Å². The lowest BCUT2D eigenvalue weighted by Crippen LogP contribution is -2.07. The lowest BCUT2D eigenvalue weighted by Gasteiger charge is -2.15. The normalized spacial score (nSPS) is 10.8. The van der Waals surface area contributed by atoms with Gasteiger partial charge in [-0.2, -0.15) is 4.98 Å². The van der Waals surface area contributed by atoms with Crippen LogP contribution in [0.4, 0.5) is 17.5 Å². The second-order valence-electron chi connectivity index (χ2n) is 7.41. The summed E-state index contributed by atoms with van der Waals surface area (Å²) in [6.07, 6.45) is 3.63. The van der Waals surface area contributed by atoms with Crippen LogP contribution in [-0.2, 0) is 6.54 Å². The van der Waals surface area contributed by atoms with Crippen LogP contribution < -0.4 is 10.6 Å². The second kappa shape index (κ2) is 9.18. The third-order valence-corrected chi connectivity index (χ3v) is 4.82. The Balaban J connectivity index is 1.67. The number of nitrogens with zero attached hydrogens (tertiary/aromatic N) is 3. The van der Waals surface area contributed by atoms with E-state index in [0.29, 0.717) is 18.4 Å². The van der Waals surface area contributed by atoms with Crippen molar-refractivity contribution >= 4 is 17.5 Å². The number of hydrogen-bond acceptors (Lipinski definition) is 5. The molecule has 0 aliphatic carbocycles. The van der Waals surface area contributed by atoms with Crippen LogP contribution in [0.2, 0.25) is 0 Å². The molecule has 0 saturated carbocycles. The number of aromatic nitrogens is 3. The average molecular weight is 396 g/mol. The Labute approximate surface area is 177 Å². The molecule has 4 rings (SSSR count). The molecule has 5 heteroatoms. The molecule has 0 unspecified atom stereocenters. The predicted molar refractivity (Wildman–Crippen MR) is 123 cm³/mol. The molecule has 2 aromatic heterocycles. The summed E-state index contributed by atoms with van der Waals surface area (Å²) in [5.41, 5.74) is 5.26. The van der Waals surface area contributed by atoms with Gasteiger partial charge in [0.15, 0.2) is 0 Å². The van der Waals surface area contributed by atoms with Crippen LogP contribution in [0.3, 0.4) is 0 Å². The van der Waals surface area contributed by atoms with E-state index in [1.165, 1.54) is 5.56 Å². The van der Waals surface area contributed by atoms with E-state index in [2.05, 4.69) is 59.8 Å². The molecule has 0 saturated heterocycles. The highest BCUT2D eigenvalue weighted by molar-refractivity contribution is 5.67. The minimum absolute atomic E-state index is 0.397. The molecule has 5 nitrogen and oxygen atoms in total. The maximum absolute atomic E-state index is 4.78. The van der Waals surface area contributed by atoms with Crippen molar-refractivity contribution in [3.8, 4) is 11.3 Å². The van der Waals surface area contributed by atoms with Crippen molar-refractivity contribution in [2.45, 2.75) is 26.3 Å². The Hall–Kier alpha value is -3.73. The van der Waals surface area contributed by atoms with Gasteiger partial charge < -0.3 is 10.6 Å². The van der Waals surface area contributed by atoms with Crippen LogP contribution in [0.25, 0.3) is 11.3 Å². The summed E-state index contributed by atoms with van der Waals surface area (Å²) < 4.78 is 0. The zero-order valence-corrected chi connectivity index (χ0v) is 17.2. The maximum Gasteiger partial charge on any atom is 0.229 e. The van der Waals surface area contributed by atoms with Crippen LogP contribution in [-0.4, -0.2) is 15.0 Å². The first-order chi connectivity index (χ1) is 14.7. The standard InChI is InChI=1S/C25H25N5/c1-18(2)21-12-6-7-13-22(21)28-25-29-23(20-10-4-3-5-11-20)15-24(30-25)27-17-19-9-8-14-26-16-19/h3-16,18H,17H2,1-2H3,(H2,27,28,29,30). The Kier molecular flexibility index (Phi) is 5.99. The summed E-state index contributed by atoms with van der Waals surface area (Å²) in [7, 11) is 0. The first-order valence-corrected chi connectivity index (χ1v) is 10.1. The summed E-state index contributed by atoms with van der Waals surface area (Å²) >= 11 is 0. The molecule has 0 fully saturated rings. The molecule has 0 atom stereocenters. The van der Waals surface area contributed by atoms with Crippen molar-refractivity contribution < 1.29 is 0 Å². The Morgan fingerprint density at radius 1 is 0.867 bits per heavy atom. The van der Waals surface area contributed by atoms with Crippen molar-refractivity contribution in [2.24, 2.45) is 0 Å². The van der Waals surface area contributed by atoms with Crippen LogP contribution in [0.5, 0.6) is 0 Å². The fourth-order valence-electron chi connectivity index (χ4n) is 3.28. The first-order valence-electron chi connectivity index (χ1n) is 10.1. The summed E-state index contributed by atoms with van der Waals surface area (Å²) in [5.74, 6) is 1.73. The van der Waals surface area contributed by atoms with Crippen molar-refractivity contribution in [1.82, 2.24) is 15.0 Å². The van der Waals surface area contributed by atoms with Crippen molar-refractivity contribution in [1.29, 1.82) is 0 Å². The molecule has 0 amide bonds. The molecular weight excluding hydrogens is 370 g/mol. The first kappa shape index (κ1) is 19.6. The molecule has 2 heterocycles. The monoisotopic (exact) mass is 395 g/mol. The molecule has 0 aliphatic heterocycles. The summed E-state index contributed by atoms with van der Waals surface area (Å²) in [4.78, 5) is 13.7. The van der Waals surface area contributed by atoms with Gasteiger partial charge >= 0.3 is 0 Å². The van der Waals surface area contributed by atoms with Gasteiger partial charge in [-0.05, 0) is 29.2 Å². The maximum atomic E-state index is 4.78. The van der Waals surface area contributed by atoms with Gasteiger partial charge in [-0.25, -0.2) is 4.98 Å². The number of pyridine rings is 1.